The highest BCUT2D eigenvalue weighted by atomic mass is 35.5. The van der Waals surface area contributed by atoms with E-state index in [4.69, 9.17) is 11.6 Å². The van der Waals surface area contributed by atoms with Gasteiger partial charge in [0.05, 0.1) is 23.9 Å². The third-order valence-electron chi connectivity index (χ3n) is 3.85. The van der Waals surface area contributed by atoms with Crippen molar-refractivity contribution in [2.45, 2.75) is 6.92 Å². The van der Waals surface area contributed by atoms with Gasteiger partial charge in [0.25, 0.3) is 11.0 Å². The zero-order valence-electron chi connectivity index (χ0n) is 12.7. The predicted octanol–water partition coefficient (Wildman–Crippen LogP) is 0.339. The van der Waals surface area contributed by atoms with Gasteiger partial charge in [0, 0.05) is 5.02 Å². The normalized spacial score (nSPS) is 12.5. The molecule has 0 aliphatic carbocycles. The van der Waals surface area contributed by atoms with Crippen LogP contribution in [0.1, 0.15) is 6.92 Å². The minimum absolute atomic E-state index is 0.215. The molecular weight excluding hydrogens is 330 g/mol. The lowest BCUT2D eigenvalue weighted by Gasteiger charge is -2.06. The molecule has 0 radical (unpaired) electrons. The summed E-state index contributed by atoms with van der Waals surface area (Å²) in [6.45, 7) is 2.38. The van der Waals surface area contributed by atoms with Gasteiger partial charge in [-0.15, -0.1) is 4.98 Å². The number of H-pyrrole nitrogens is 1. The molecule has 24 heavy (non-hydrogen) atoms. The molecule has 8 heteroatoms. The number of urea groups is 1. The zero-order chi connectivity index (χ0) is 16.8. The van der Waals surface area contributed by atoms with E-state index in [1.807, 2.05) is 6.92 Å². The third-order valence-corrected chi connectivity index (χ3v) is 4.09. The molecule has 3 heterocycles. The second-order valence-corrected chi connectivity index (χ2v) is 5.79. The Morgan fingerprint density at radius 2 is 2.29 bits per heavy atom. The second kappa shape index (κ2) is 5.31. The van der Waals surface area contributed by atoms with E-state index < -0.39 is 0 Å². The van der Waals surface area contributed by atoms with Crippen LogP contribution in [0, 0.1) is 0 Å². The van der Waals surface area contributed by atoms with Crippen molar-refractivity contribution in [1.29, 1.82) is 0 Å². The van der Waals surface area contributed by atoms with Gasteiger partial charge in [0.15, 0.2) is 0 Å². The summed E-state index contributed by atoms with van der Waals surface area (Å²) in [6.07, 6.45) is 3.14. The van der Waals surface area contributed by atoms with E-state index in [0.717, 1.165) is 5.22 Å². The lowest BCUT2D eigenvalue weighted by molar-refractivity contribution is 0.240. The van der Waals surface area contributed by atoms with Crippen LogP contribution in [0.4, 0.5) is 4.79 Å². The summed E-state index contributed by atoms with van der Waals surface area (Å²) >= 11 is 6.00. The molecule has 120 valence electrons. The van der Waals surface area contributed by atoms with Gasteiger partial charge in [-0.1, -0.05) is 17.7 Å². The van der Waals surface area contributed by atoms with Gasteiger partial charge in [-0.3, -0.25) is 15.2 Å². The number of carbonyl (C=O) groups is 1. The van der Waals surface area contributed by atoms with E-state index in [-0.39, 0.29) is 11.6 Å². The Morgan fingerprint density at radius 1 is 1.46 bits per heavy atom. The molecule has 3 aromatic rings. The number of carbonyl (C=O) groups excluding carboxylic acids is 1. The topological polar surface area (TPSA) is 82.8 Å². The molecule has 7 nitrogen and oxygen atoms in total. The minimum atomic E-state index is -0.242. The molecule has 0 saturated heterocycles. The first-order valence-corrected chi connectivity index (χ1v) is 7.79. The maximum atomic E-state index is 12.6. The summed E-state index contributed by atoms with van der Waals surface area (Å²) in [5.41, 5.74) is 1.59. The number of hydrogen-bond acceptors (Lipinski definition) is 3. The Kier molecular flexibility index (Phi) is 3.24. The number of fused-ring (bicyclic) bond motifs is 3. The van der Waals surface area contributed by atoms with Crippen LogP contribution in [0.25, 0.3) is 22.8 Å². The number of halogens is 1. The van der Waals surface area contributed by atoms with Gasteiger partial charge < -0.3 is 0 Å². The molecule has 0 saturated carbocycles. The van der Waals surface area contributed by atoms with Crippen molar-refractivity contribution in [1.82, 2.24) is 24.7 Å². The van der Waals surface area contributed by atoms with Crippen LogP contribution in [-0.4, -0.2) is 27.3 Å². The molecule has 4 rings (SSSR count). The van der Waals surface area contributed by atoms with Crippen molar-refractivity contribution in [3.8, 4) is 5.69 Å². The number of aromatic amines is 1. The first-order chi connectivity index (χ1) is 11.6. The quantitative estimate of drug-likeness (QED) is 0.659. The van der Waals surface area contributed by atoms with E-state index in [1.54, 1.807) is 30.5 Å². The SMILES string of the molecule is CCNC(=O)[N+]1=c2ncc3c(=O)n(-c4cccc(Cl)c4)[nH]c3c2=C1. The summed E-state index contributed by atoms with van der Waals surface area (Å²) in [5, 5.41) is 7.52. The lowest BCUT2D eigenvalue weighted by Crippen LogP contribution is -2.54. The van der Waals surface area contributed by atoms with Gasteiger partial charge in [-0.25, -0.2) is 9.48 Å². The van der Waals surface area contributed by atoms with Gasteiger partial charge in [0.2, 0.25) is 0 Å². The Hall–Kier alpha value is -2.93. The Bertz CT molecular complexity index is 1180. The van der Waals surface area contributed by atoms with Crippen molar-refractivity contribution in [3.05, 3.63) is 56.5 Å². The van der Waals surface area contributed by atoms with Gasteiger partial charge in [-0.2, -0.15) is 4.58 Å². The average Bonchev–Trinajstić information content (AvgIpc) is 2.85. The van der Waals surface area contributed by atoms with Crippen molar-refractivity contribution in [2.75, 3.05) is 6.54 Å². The molecule has 1 aliphatic rings. The lowest BCUT2D eigenvalue weighted by atomic mass is 10.2. The Balaban J connectivity index is 1.93. The van der Waals surface area contributed by atoms with Gasteiger partial charge >= 0.3 is 6.03 Å². The van der Waals surface area contributed by atoms with Crippen molar-refractivity contribution >= 4 is 34.7 Å². The van der Waals surface area contributed by atoms with Crippen molar-refractivity contribution in [2.24, 2.45) is 0 Å². The number of benzene rings is 1. The predicted molar refractivity (Wildman–Crippen MR) is 90.7 cm³/mol. The number of aromatic nitrogens is 3. The number of rotatable bonds is 2. The summed E-state index contributed by atoms with van der Waals surface area (Å²) in [4.78, 5) is 28.7. The largest absolute Gasteiger partial charge is 0.441 e. The smallest absolute Gasteiger partial charge is 0.289 e. The van der Waals surface area contributed by atoms with Gasteiger partial charge in [-0.05, 0) is 25.1 Å². The monoisotopic (exact) mass is 342 g/mol. The maximum Gasteiger partial charge on any atom is 0.441 e. The van der Waals surface area contributed by atoms with E-state index in [9.17, 15) is 9.59 Å². The Labute approximate surface area is 140 Å². The van der Waals surface area contributed by atoms with Crippen LogP contribution in [-0.2, 0) is 0 Å². The Morgan fingerprint density at radius 3 is 3.04 bits per heavy atom. The minimum Gasteiger partial charge on any atom is -0.289 e. The fraction of sp³-hybridized carbons (Fsp3) is 0.125. The summed E-state index contributed by atoms with van der Waals surface area (Å²) < 4.78 is 2.84. The molecule has 0 fully saturated rings. The van der Waals surface area contributed by atoms with Crippen LogP contribution in [0.2, 0.25) is 5.02 Å². The highest BCUT2D eigenvalue weighted by molar-refractivity contribution is 6.30. The van der Waals surface area contributed by atoms with Crippen LogP contribution in [0.3, 0.4) is 0 Å². The molecular formula is C16H13ClN5O2+. The summed E-state index contributed by atoms with van der Waals surface area (Å²) in [6, 6.07) is 6.75. The molecule has 2 aromatic heterocycles. The fourth-order valence-electron chi connectivity index (χ4n) is 2.71. The number of amides is 2. The fourth-order valence-corrected chi connectivity index (χ4v) is 2.89. The second-order valence-electron chi connectivity index (χ2n) is 5.35. The summed E-state index contributed by atoms with van der Waals surface area (Å²) in [7, 11) is 0. The number of hydrogen-bond donors (Lipinski definition) is 2. The molecule has 1 aliphatic heterocycles. The molecule has 0 spiro atoms. The first kappa shape index (κ1) is 14.6. The van der Waals surface area contributed by atoms with Crippen LogP contribution in [0.15, 0.2) is 35.3 Å². The summed E-state index contributed by atoms with van der Waals surface area (Å²) in [5.74, 6) is 0. The van der Waals surface area contributed by atoms with E-state index in [0.29, 0.717) is 33.6 Å². The molecule has 0 atom stereocenters. The zero-order valence-corrected chi connectivity index (χ0v) is 13.5. The van der Waals surface area contributed by atoms with Crippen molar-refractivity contribution in [3.63, 3.8) is 0 Å². The molecule has 0 bridgehead atoms. The van der Waals surface area contributed by atoms with Crippen LogP contribution < -0.4 is 26.2 Å². The van der Waals surface area contributed by atoms with E-state index in [2.05, 4.69) is 15.4 Å². The number of pyridine rings is 1. The van der Waals surface area contributed by atoms with E-state index in [1.165, 1.54) is 15.5 Å². The standard InChI is InChI=1S/C16H12ClN5O2/c1-2-18-16(24)21-8-12-13-11(7-19-14(12)21)15(23)22(20-13)10-5-3-4-9(17)6-10/h3-8H,2H2,1H3,(H,18,24)/p+1. The van der Waals surface area contributed by atoms with Gasteiger partial charge in [0.1, 0.15) is 16.8 Å². The maximum absolute atomic E-state index is 12.6. The third kappa shape index (κ3) is 2.05. The number of nitrogens with one attached hydrogen (secondary N) is 2. The van der Waals surface area contributed by atoms with Crippen LogP contribution >= 0.6 is 11.6 Å². The molecule has 0 unspecified atom stereocenters. The highest BCUT2D eigenvalue weighted by Crippen LogP contribution is 2.13. The number of nitrogens with zero attached hydrogens (tertiary/aromatic N) is 3. The average molecular weight is 343 g/mol. The molecule has 2 amide bonds. The van der Waals surface area contributed by atoms with Crippen molar-refractivity contribution < 1.29 is 4.79 Å². The van der Waals surface area contributed by atoms with Crippen LogP contribution in [0.5, 0.6) is 0 Å². The molecule has 1 aromatic carbocycles. The molecule has 2 N–H and O–H groups in total. The van der Waals surface area contributed by atoms with E-state index >= 15 is 0 Å². The highest BCUT2D eigenvalue weighted by Gasteiger charge is 2.24. The first-order valence-electron chi connectivity index (χ1n) is 7.41.